The summed E-state index contributed by atoms with van der Waals surface area (Å²) in [5, 5.41) is 24.3. The number of aryl methyl sites for hydroxylation is 2. The van der Waals surface area contributed by atoms with E-state index in [1.807, 2.05) is 39.9 Å². The average Bonchev–Trinajstić information content (AvgIpc) is 3.69. The van der Waals surface area contributed by atoms with Gasteiger partial charge in [0.05, 0.1) is 5.56 Å². The summed E-state index contributed by atoms with van der Waals surface area (Å²) in [6.07, 6.45) is 13.9. The number of aliphatic imine (C=N–C) groups is 1. The quantitative estimate of drug-likeness (QED) is 0.344. The van der Waals surface area contributed by atoms with Gasteiger partial charge in [-0.1, -0.05) is 44.5 Å². The van der Waals surface area contributed by atoms with Gasteiger partial charge in [0.2, 0.25) is 5.82 Å². The van der Waals surface area contributed by atoms with Gasteiger partial charge >= 0.3 is 5.69 Å². The number of nitrogens with one attached hydrogen (secondary N) is 1. The maximum absolute atomic E-state index is 14.1. The third-order valence-electron chi connectivity index (χ3n) is 7.12. The van der Waals surface area contributed by atoms with E-state index in [-0.39, 0.29) is 5.69 Å². The fourth-order valence-electron chi connectivity index (χ4n) is 5.13. The van der Waals surface area contributed by atoms with Gasteiger partial charge in [-0.05, 0) is 48.6 Å². The maximum Gasteiger partial charge on any atom is 0.334 e. The molecule has 1 atom stereocenters. The van der Waals surface area contributed by atoms with E-state index in [4.69, 9.17) is 0 Å². The van der Waals surface area contributed by atoms with Gasteiger partial charge in [0, 0.05) is 54.6 Å². The highest BCUT2D eigenvalue weighted by Gasteiger charge is 2.33. The van der Waals surface area contributed by atoms with Crippen LogP contribution in [0.3, 0.4) is 0 Å². The summed E-state index contributed by atoms with van der Waals surface area (Å²) >= 11 is 0. The molecule has 3 aromatic heterocycles. The molecular formula is C28H31N9O. The van der Waals surface area contributed by atoms with Crippen molar-refractivity contribution in [3.63, 3.8) is 0 Å². The largest absolute Gasteiger partial charge is 0.334 e. The fraction of sp³-hybridized carbons (Fsp3) is 0.357. The van der Waals surface area contributed by atoms with Crippen molar-refractivity contribution in [1.29, 1.82) is 5.26 Å². The van der Waals surface area contributed by atoms with Gasteiger partial charge in [0.25, 0.3) is 0 Å². The molecule has 0 fully saturated rings. The Morgan fingerprint density at radius 3 is 2.82 bits per heavy atom. The molecule has 0 amide bonds. The van der Waals surface area contributed by atoms with Crippen molar-refractivity contribution in [1.82, 2.24) is 34.3 Å². The van der Waals surface area contributed by atoms with Crippen LogP contribution in [0.15, 0.2) is 64.8 Å². The molecule has 1 N–H and O–H groups in total. The van der Waals surface area contributed by atoms with Crippen LogP contribution in [0.1, 0.15) is 56.4 Å². The van der Waals surface area contributed by atoms with Crippen LogP contribution in [-0.2, 0) is 24.9 Å². The predicted molar refractivity (Wildman–Crippen MR) is 145 cm³/mol. The Labute approximate surface area is 221 Å². The lowest BCUT2D eigenvalue weighted by molar-refractivity contribution is 0.438. The van der Waals surface area contributed by atoms with E-state index in [0.717, 1.165) is 49.0 Å². The number of hydrogen-bond acceptors (Lipinski definition) is 6. The van der Waals surface area contributed by atoms with Crippen molar-refractivity contribution >= 4 is 6.21 Å². The van der Waals surface area contributed by atoms with Gasteiger partial charge in [-0.2, -0.15) is 10.5 Å². The minimum atomic E-state index is -0.498. The van der Waals surface area contributed by atoms with Crippen LogP contribution in [0.5, 0.6) is 0 Å². The fourth-order valence-corrected chi connectivity index (χ4v) is 5.13. The molecule has 0 radical (unpaired) electrons. The normalized spacial score (nSPS) is 16.7. The molecule has 0 spiro atoms. The molecule has 10 nitrogen and oxygen atoms in total. The molecule has 1 aromatic carbocycles. The number of nitrogens with zero attached hydrogens (tertiary/aromatic N) is 8. The summed E-state index contributed by atoms with van der Waals surface area (Å²) in [5.74, 6) is 1.15. The second-order valence-electron chi connectivity index (χ2n) is 9.64. The van der Waals surface area contributed by atoms with E-state index in [2.05, 4.69) is 63.7 Å². The highest BCUT2D eigenvalue weighted by Crippen LogP contribution is 2.35. The van der Waals surface area contributed by atoms with Crippen molar-refractivity contribution < 1.29 is 0 Å². The van der Waals surface area contributed by atoms with E-state index in [0.29, 0.717) is 30.2 Å². The lowest BCUT2D eigenvalue weighted by Gasteiger charge is -2.32. The monoisotopic (exact) mass is 509 g/mol. The van der Waals surface area contributed by atoms with E-state index >= 15 is 0 Å². The number of aromatic amines is 1. The molecule has 5 rings (SSSR count). The van der Waals surface area contributed by atoms with Gasteiger partial charge < -0.3 is 4.57 Å². The van der Waals surface area contributed by atoms with Gasteiger partial charge in [-0.15, -0.1) is 10.2 Å². The number of imidazole rings is 1. The van der Waals surface area contributed by atoms with Crippen LogP contribution >= 0.6 is 0 Å². The van der Waals surface area contributed by atoms with Crippen molar-refractivity contribution in [2.24, 2.45) is 4.99 Å². The number of hydrogen-bond donors (Lipinski definition) is 1. The zero-order valence-corrected chi connectivity index (χ0v) is 21.7. The maximum atomic E-state index is 14.1. The summed E-state index contributed by atoms with van der Waals surface area (Å²) in [7, 11) is 0. The SMILES string of the molecule is CCCCc1cn(-c2c(C#N)ccn2CCC)c(=O)n1CC1(c2cccc(-c3nn[nH]n3)c2)C=CN=CC1. The number of H-pyrrole nitrogens is 1. The summed E-state index contributed by atoms with van der Waals surface area (Å²) in [4.78, 5) is 18.4. The first-order valence-corrected chi connectivity index (χ1v) is 13.0. The Morgan fingerprint density at radius 2 is 2.11 bits per heavy atom. The number of benzene rings is 1. The molecular weight excluding hydrogens is 478 g/mol. The summed E-state index contributed by atoms with van der Waals surface area (Å²) in [6, 6.07) is 12.1. The first-order valence-electron chi connectivity index (χ1n) is 13.0. The van der Waals surface area contributed by atoms with E-state index in [9.17, 15) is 10.1 Å². The molecule has 10 heteroatoms. The smallest absolute Gasteiger partial charge is 0.333 e. The van der Waals surface area contributed by atoms with Crippen LogP contribution < -0.4 is 5.69 Å². The molecule has 1 aliphatic rings. The Balaban J connectivity index is 1.63. The van der Waals surface area contributed by atoms with Gasteiger partial charge in [-0.25, -0.2) is 4.79 Å². The highest BCUT2D eigenvalue weighted by molar-refractivity contribution is 5.65. The van der Waals surface area contributed by atoms with Gasteiger partial charge in [0.15, 0.2) is 0 Å². The first kappa shape index (κ1) is 25.1. The van der Waals surface area contributed by atoms with Crippen LogP contribution in [0, 0.1) is 11.3 Å². The Morgan fingerprint density at radius 1 is 1.21 bits per heavy atom. The second-order valence-corrected chi connectivity index (χ2v) is 9.64. The van der Waals surface area contributed by atoms with Crippen LogP contribution in [0.2, 0.25) is 0 Å². The van der Waals surface area contributed by atoms with E-state index < -0.39 is 5.41 Å². The van der Waals surface area contributed by atoms with Crippen molar-refractivity contribution in [2.75, 3.05) is 0 Å². The van der Waals surface area contributed by atoms with Crippen molar-refractivity contribution in [2.45, 2.75) is 64.5 Å². The third kappa shape index (κ3) is 4.63. The Bertz CT molecular complexity index is 1560. The van der Waals surface area contributed by atoms with Crippen LogP contribution in [0.25, 0.3) is 17.2 Å². The molecule has 4 heterocycles. The van der Waals surface area contributed by atoms with Crippen LogP contribution in [-0.4, -0.2) is 40.5 Å². The highest BCUT2D eigenvalue weighted by atomic mass is 16.1. The number of tetrazole rings is 1. The van der Waals surface area contributed by atoms with Gasteiger partial charge in [0.1, 0.15) is 11.9 Å². The zero-order valence-electron chi connectivity index (χ0n) is 21.7. The number of allylic oxidation sites excluding steroid dienone is 1. The number of rotatable bonds is 10. The molecule has 0 bridgehead atoms. The predicted octanol–water partition coefficient (Wildman–Crippen LogP) is 4.17. The minimum Gasteiger partial charge on any atom is -0.333 e. The zero-order chi connectivity index (χ0) is 26.5. The number of unbranched alkanes of at least 4 members (excludes halogenated alkanes) is 1. The standard InChI is InChI=1S/C28H31N9O/c1-3-5-9-24-19-36(26-22(18-29)10-16-35(26)15-4-2)27(38)37(24)20-28(11-13-30-14-12-28)23-8-6-7-21(17-23)25-31-33-34-32-25/h6-8,10-11,13-14,16-17,19H,3-5,9,12,15,20H2,1-2H3,(H,31,32,33,34). The van der Waals surface area contributed by atoms with Crippen LogP contribution in [0.4, 0.5) is 0 Å². The third-order valence-corrected chi connectivity index (χ3v) is 7.12. The molecule has 1 unspecified atom stereocenters. The lowest BCUT2D eigenvalue weighted by Crippen LogP contribution is -2.37. The summed E-state index contributed by atoms with van der Waals surface area (Å²) < 4.78 is 5.53. The Kier molecular flexibility index (Phi) is 7.18. The second kappa shape index (κ2) is 10.8. The van der Waals surface area contributed by atoms with E-state index in [1.165, 1.54) is 0 Å². The van der Waals surface area contributed by atoms with Crippen molar-refractivity contribution in [3.8, 4) is 23.3 Å². The molecule has 1 aliphatic heterocycles. The molecule has 4 aromatic rings. The first-order chi connectivity index (χ1) is 18.6. The topological polar surface area (TPSA) is 122 Å². The molecule has 0 saturated heterocycles. The average molecular weight is 510 g/mol. The molecule has 0 saturated carbocycles. The number of aromatic nitrogens is 7. The summed E-state index contributed by atoms with van der Waals surface area (Å²) in [5.41, 5.74) is 2.69. The van der Waals surface area contributed by atoms with E-state index in [1.54, 1.807) is 16.8 Å². The molecule has 194 valence electrons. The molecule has 38 heavy (non-hydrogen) atoms. The number of nitriles is 1. The Hall–Kier alpha value is -4.52. The molecule has 0 aliphatic carbocycles. The van der Waals surface area contributed by atoms with Gasteiger partial charge in [-0.3, -0.25) is 14.1 Å². The van der Waals surface area contributed by atoms with Crippen molar-refractivity contribution in [3.05, 3.63) is 82.3 Å². The minimum absolute atomic E-state index is 0.145. The summed E-state index contributed by atoms with van der Waals surface area (Å²) in [6.45, 7) is 5.39. The lowest BCUT2D eigenvalue weighted by atomic mass is 9.76.